The topological polar surface area (TPSA) is 97.1 Å². The molecule has 7 nitrogen and oxygen atoms in total. The molecular weight excluding hydrogens is 554 g/mol. The Kier molecular flexibility index (Phi) is 8.09. The van der Waals surface area contributed by atoms with Crippen LogP contribution in [-0.2, 0) is 16.1 Å². The maximum absolute atomic E-state index is 16.2. The lowest BCUT2D eigenvalue weighted by Gasteiger charge is -2.19. The van der Waals surface area contributed by atoms with Crippen LogP contribution in [0.15, 0.2) is 23.5 Å². The molecule has 0 saturated heterocycles. The summed E-state index contributed by atoms with van der Waals surface area (Å²) in [5.41, 5.74) is -0.232. The van der Waals surface area contributed by atoms with Crippen molar-refractivity contribution in [1.29, 1.82) is 5.26 Å². The smallest absolute Gasteiger partial charge is 0.412 e. The summed E-state index contributed by atoms with van der Waals surface area (Å²) >= 11 is 8.96. The average molecular weight is 577 g/mol. The number of nitriles is 1. The van der Waals surface area contributed by atoms with Crippen LogP contribution in [0, 0.1) is 23.0 Å². The second-order valence-corrected chi connectivity index (χ2v) is 11.7. The van der Waals surface area contributed by atoms with Gasteiger partial charge >= 0.3 is 6.09 Å². The number of thioether (sulfide) groups is 1. The van der Waals surface area contributed by atoms with Gasteiger partial charge in [-0.05, 0) is 38.2 Å². The molecule has 0 aliphatic rings. The van der Waals surface area contributed by atoms with E-state index in [0.717, 1.165) is 11.3 Å². The highest BCUT2D eigenvalue weighted by atomic mass is 35.5. The number of hydrogen-bond donors (Lipinski definition) is 1. The molecule has 0 radical (unpaired) electrons. The van der Waals surface area contributed by atoms with E-state index in [1.807, 2.05) is 13.0 Å². The summed E-state index contributed by atoms with van der Waals surface area (Å²) in [5.74, 6) is -0.693. The molecule has 198 valence electrons. The first-order valence-electron chi connectivity index (χ1n) is 11.4. The standard InChI is InChI=1S/C26H23ClF2N4O3S2/c1-6-37-24-31-10-14-15(11-35-5)19(27)18(20(29)21(14)32-24)12-7-8-16(28)22-17(12)13(9-30)23(38-22)33-25(34)36-26(2,3)4/h7-8,10H,6,11H2,1-5H3,(H,33,34). The number of carbonyl (C=O) groups is 1. The number of anilines is 1. The van der Waals surface area contributed by atoms with Gasteiger partial charge in [0.05, 0.1) is 21.9 Å². The molecule has 0 atom stereocenters. The Balaban J connectivity index is 2.02. The van der Waals surface area contributed by atoms with Gasteiger partial charge in [-0.25, -0.2) is 23.5 Å². The van der Waals surface area contributed by atoms with Crippen LogP contribution in [0.2, 0.25) is 5.02 Å². The van der Waals surface area contributed by atoms with E-state index in [1.165, 1.54) is 37.2 Å². The van der Waals surface area contributed by atoms with E-state index < -0.39 is 23.3 Å². The molecule has 4 rings (SSSR count). The Morgan fingerprint density at radius 1 is 1.32 bits per heavy atom. The number of methoxy groups -OCH3 is 1. The largest absolute Gasteiger partial charge is 0.444 e. The number of aromatic nitrogens is 2. The summed E-state index contributed by atoms with van der Waals surface area (Å²) in [6.07, 6.45) is 0.694. The normalized spacial score (nSPS) is 11.7. The fourth-order valence-corrected chi connectivity index (χ4v) is 5.88. The highest BCUT2D eigenvalue weighted by Crippen LogP contribution is 2.47. The number of benzene rings is 2. The minimum atomic E-state index is -0.808. The summed E-state index contributed by atoms with van der Waals surface area (Å²) < 4.78 is 41.9. The SMILES string of the molecule is CCSc1ncc2c(COC)c(Cl)c(-c3ccc(F)c4sc(NC(=O)OC(C)(C)C)c(C#N)c34)c(F)c2n1. The molecule has 0 fully saturated rings. The zero-order valence-corrected chi connectivity index (χ0v) is 23.6. The van der Waals surface area contributed by atoms with Gasteiger partial charge in [-0.1, -0.05) is 36.4 Å². The van der Waals surface area contributed by atoms with Crippen molar-refractivity contribution in [3.05, 3.63) is 46.1 Å². The fourth-order valence-electron chi connectivity index (χ4n) is 3.93. The van der Waals surface area contributed by atoms with Crippen molar-refractivity contribution < 1.29 is 23.0 Å². The third-order valence-corrected chi connectivity index (χ3v) is 7.63. The zero-order valence-electron chi connectivity index (χ0n) is 21.2. The molecule has 0 aliphatic heterocycles. The van der Waals surface area contributed by atoms with Gasteiger partial charge in [-0.2, -0.15) is 5.26 Å². The second kappa shape index (κ2) is 11.0. The third-order valence-electron chi connectivity index (χ3n) is 5.35. The van der Waals surface area contributed by atoms with Gasteiger partial charge in [-0.3, -0.25) is 5.32 Å². The van der Waals surface area contributed by atoms with Crippen molar-refractivity contribution in [2.24, 2.45) is 0 Å². The number of thiophene rings is 1. The molecule has 0 unspecified atom stereocenters. The lowest BCUT2D eigenvalue weighted by atomic mass is 9.95. The molecule has 2 aromatic heterocycles. The summed E-state index contributed by atoms with van der Waals surface area (Å²) in [7, 11) is 1.48. The van der Waals surface area contributed by atoms with Crippen molar-refractivity contribution in [3.63, 3.8) is 0 Å². The Labute approximate surface area is 231 Å². The van der Waals surface area contributed by atoms with Crippen LogP contribution in [-0.4, -0.2) is 34.5 Å². The molecular formula is C26H23ClF2N4O3S2. The lowest BCUT2D eigenvalue weighted by molar-refractivity contribution is 0.0636. The Hall–Kier alpha value is -3.04. The third kappa shape index (κ3) is 5.27. The molecule has 0 saturated carbocycles. The first kappa shape index (κ1) is 28.0. The Morgan fingerprint density at radius 3 is 2.68 bits per heavy atom. The van der Waals surface area contributed by atoms with Gasteiger partial charge in [0.1, 0.15) is 28.0 Å². The lowest BCUT2D eigenvalue weighted by Crippen LogP contribution is -2.27. The van der Waals surface area contributed by atoms with Crippen LogP contribution in [0.5, 0.6) is 0 Å². The number of nitrogens with one attached hydrogen (secondary N) is 1. The number of hydrogen-bond acceptors (Lipinski definition) is 8. The number of nitrogens with zero attached hydrogens (tertiary/aromatic N) is 3. The van der Waals surface area contributed by atoms with Crippen LogP contribution in [0.3, 0.4) is 0 Å². The molecule has 0 bridgehead atoms. The first-order chi connectivity index (χ1) is 18.0. The van der Waals surface area contributed by atoms with Crippen molar-refractivity contribution >= 4 is 66.8 Å². The molecule has 38 heavy (non-hydrogen) atoms. The quantitative estimate of drug-likeness (QED) is 0.184. The zero-order chi connectivity index (χ0) is 27.8. The van der Waals surface area contributed by atoms with E-state index in [1.54, 1.807) is 20.8 Å². The number of fused-ring (bicyclic) bond motifs is 2. The van der Waals surface area contributed by atoms with E-state index in [0.29, 0.717) is 21.9 Å². The summed E-state index contributed by atoms with van der Waals surface area (Å²) in [6.45, 7) is 7.04. The second-order valence-electron chi connectivity index (χ2n) is 9.11. The van der Waals surface area contributed by atoms with Crippen LogP contribution < -0.4 is 5.32 Å². The van der Waals surface area contributed by atoms with Crippen molar-refractivity contribution in [2.45, 2.75) is 45.1 Å². The first-order valence-corrected chi connectivity index (χ1v) is 13.6. The maximum Gasteiger partial charge on any atom is 0.412 e. The van der Waals surface area contributed by atoms with E-state index in [4.69, 9.17) is 21.1 Å². The predicted molar refractivity (Wildman–Crippen MR) is 147 cm³/mol. The van der Waals surface area contributed by atoms with Gasteiger partial charge < -0.3 is 9.47 Å². The van der Waals surface area contributed by atoms with E-state index in [-0.39, 0.29) is 48.9 Å². The molecule has 2 heterocycles. The Morgan fingerprint density at radius 2 is 2.05 bits per heavy atom. The van der Waals surface area contributed by atoms with E-state index in [2.05, 4.69) is 15.3 Å². The highest BCUT2D eigenvalue weighted by molar-refractivity contribution is 7.99. The van der Waals surface area contributed by atoms with E-state index in [9.17, 15) is 14.4 Å². The molecule has 1 N–H and O–H groups in total. The highest BCUT2D eigenvalue weighted by Gasteiger charge is 2.27. The van der Waals surface area contributed by atoms with Crippen LogP contribution in [0.25, 0.3) is 32.1 Å². The summed E-state index contributed by atoms with van der Waals surface area (Å²) in [5, 5.41) is 13.5. The van der Waals surface area contributed by atoms with Gasteiger partial charge in [0.2, 0.25) is 0 Å². The molecule has 0 aliphatic carbocycles. The van der Waals surface area contributed by atoms with Gasteiger partial charge in [0, 0.05) is 35.2 Å². The van der Waals surface area contributed by atoms with Crippen molar-refractivity contribution in [1.82, 2.24) is 9.97 Å². The minimum absolute atomic E-state index is 0.0284. The van der Waals surface area contributed by atoms with Crippen LogP contribution in [0.1, 0.15) is 38.8 Å². The molecule has 2 aromatic carbocycles. The number of halogens is 3. The average Bonchev–Trinajstić information content (AvgIpc) is 3.21. The molecule has 12 heteroatoms. The fraction of sp³-hybridized carbons (Fsp3) is 0.308. The number of carbonyl (C=O) groups excluding carboxylic acids is 1. The maximum atomic E-state index is 16.2. The number of rotatable bonds is 6. The van der Waals surface area contributed by atoms with Crippen LogP contribution in [0.4, 0.5) is 18.6 Å². The van der Waals surface area contributed by atoms with Crippen LogP contribution >= 0.6 is 34.7 Å². The number of amides is 1. The van der Waals surface area contributed by atoms with Gasteiger partial charge in [0.15, 0.2) is 11.0 Å². The number of ether oxygens (including phenoxy) is 2. The predicted octanol–water partition coefficient (Wildman–Crippen LogP) is 7.92. The molecule has 4 aromatic rings. The van der Waals surface area contributed by atoms with Gasteiger partial charge in [0.25, 0.3) is 0 Å². The van der Waals surface area contributed by atoms with Crippen molar-refractivity contribution in [2.75, 3.05) is 18.2 Å². The van der Waals surface area contributed by atoms with Gasteiger partial charge in [-0.15, -0.1) is 11.3 Å². The molecule has 0 spiro atoms. The van der Waals surface area contributed by atoms with Crippen molar-refractivity contribution in [3.8, 4) is 17.2 Å². The Bertz CT molecular complexity index is 1610. The summed E-state index contributed by atoms with van der Waals surface area (Å²) in [4.78, 5) is 21.1. The monoisotopic (exact) mass is 576 g/mol. The molecule has 1 amide bonds. The van der Waals surface area contributed by atoms with E-state index >= 15 is 4.39 Å². The summed E-state index contributed by atoms with van der Waals surface area (Å²) in [6, 6.07) is 4.55. The minimum Gasteiger partial charge on any atom is -0.444 e.